The van der Waals surface area contributed by atoms with Crippen LogP contribution in [-0.2, 0) is 6.42 Å². The molecule has 1 N–H and O–H groups in total. The first-order valence-electron chi connectivity index (χ1n) is 3.32. The summed E-state index contributed by atoms with van der Waals surface area (Å²) in [5.41, 5.74) is 0.983. The van der Waals surface area contributed by atoms with E-state index in [1.165, 1.54) is 0 Å². The first-order chi connectivity index (χ1) is 5.15. The molecule has 0 saturated heterocycles. The number of phenolic OH excluding ortho intramolecular Hbond substituents is 1. The molecule has 0 radical (unpaired) electrons. The van der Waals surface area contributed by atoms with E-state index in [2.05, 4.69) is 0 Å². The Morgan fingerprint density at radius 1 is 1.36 bits per heavy atom. The highest BCUT2D eigenvalue weighted by Gasteiger charge is 2.04. The van der Waals surface area contributed by atoms with Crippen molar-refractivity contribution in [2.45, 2.75) is 13.3 Å². The topological polar surface area (TPSA) is 20.2 Å². The minimum absolute atomic E-state index is 0.0519. The van der Waals surface area contributed by atoms with Crippen molar-refractivity contribution >= 4 is 23.2 Å². The van der Waals surface area contributed by atoms with E-state index in [1.54, 1.807) is 12.1 Å². The molecular formula is C8H8Cl2O. The molecule has 0 saturated carbocycles. The highest BCUT2D eigenvalue weighted by molar-refractivity contribution is 6.42. The van der Waals surface area contributed by atoms with Gasteiger partial charge in [0, 0.05) is 0 Å². The maximum absolute atomic E-state index is 9.20. The Balaban J connectivity index is 3.21. The Morgan fingerprint density at radius 3 is 2.45 bits per heavy atom. The van der Waals surface area contributed by atoms with Crippen LogP contribution in [0.2, 0.25) is 10.0 Å². The number of halogens is 2. The van der Waals surface area contributed by atoms with E-state index in [-0.39, 0.29) is 10.8 Å². The second kappa shape index (κ2) is 3.33. The third-order valence-corrected chi connectivity index (χ3v) is 2.27. The van der Waals surface area contributed by atoms with Gasteiger partial charge >= 0.3 is 0 Å². The van der Waals surface area contributed by atoms with Gasteiger partial charge in [0.1, 0.15) is 10.8 Å². The van der Waals surface area contributed by atoms with Crippen molar-refractivity contribution in [1.82, 2.24) is 0 Å². The van der Waals surface area contributed by atoms with Crippen LogP contribution in [0.15, 0.2) is 12.1 Å². The molecule has 1 nitrogen and oxygen atoms in total. The van der Waals surface area contributed by atoms with Gasteiger partial charge in [0.05, 0.1) is 5.02 Å². The standard InChI is InChI=1S/C8H8Cl2O/c1-2-5-3-6(9)8(10)7(11)4-5/h3-4,11H,2H2,1H3. The lowest BCUT2D eigenvalue weighted by Crippen LogP contribution is -1.80. The zero-order valence-corrected chi connectivity index (χ0v) is 7.58. The molecule has 0 spiro atoms. The van der Waals surface area contributed by atoms with Gasteiger partial charge in [0.25, 0.3) is 0 Å². The fraction of sp³-hybridized carbons (Fsp3) is 0.250. The van der Waals surface area contributed by atoms with Gasteiger partial charge in [-0.1, -0.05) is 30.1 Å². The molecular weight excluding hydrogens is 183 g/mol. The van der Waals surface area contributed by atoms with Crippen molar-refractivity contribution in [3.05, 3.63) is 27.7 Å². The molecule has 3 heteroatoms. The summed E-state index contributed by atoms with van der Waals surface area (Å²) >= 11 is 11.3. The quantitative estimate of drug-likeness (QED) is 0.722. The third kappa shape index (κ3) is 1.79. The summed E-state index contributed by atoms with van der Waals surface area (Å²) in [6, 6.07) is 3.37. The molecule has 0 aliphatic rings. The van der Waals surface area contributed by atoms with Crippen LogP contribution in [0.4, 0.5) is 0 Å². The first kappa shape index (κ1) is 8.69. The summed E-state index contributed by atoms with van der Waals surface area (Å²) < 4.78 is 0. The Kier molecular flexibility index (Phi) is 2.63. The molecule has 0 aliphatic heterocycles. The molecule has 0 unspecified atom stereocenters. The monoisotopic (exact) mass is 190 g/mol. The average Bonchev–Trinajstić information content (AvgIpc) is 1.99. The minimum Gasteiger partial charge on any atom is -0.506 e. The minimum atomic E-state index is 0.0519. The van der Waals surface area contributed by atoms with Crippen LogP contribution >= 0.6 is 23.2 Å². The SMILES string of the molecule is CCc1cc(O)c(Cl)c(Cl)c1. The molecule has 1 aromatic carbocycles. The Bertz CT molecular complexity index is 248. The van der Waals surface area contributed by atoms with Crippen molar-refractivity contribution < 1.29 is 5.11 Å². The summed E-state index contributed by atoms with van der Waals surface area (Å²) in [4.78, 5) is 0. The van der Waals surface area contributed by atoms with Crippen molar-refractivity contribution in [2.75, 3.05) is 0 Å². The molecule has 11 heavy (non-hydrogen) atoms. The van der Waals surface area contributed by atoms with Crippen LogP contribution in [0, 0.1) is 0 Å². The lowest BCUT2D eigenvalue weighted by atomic mass is 10.2. The Hall–Kier alpha value is -0.400. The lowest BCUT2D eigenvalue weighted by Gasteiger charge is -2.02. The Morgan fingerprint density at radius 2 is 2.00 bits per heavy atom. The van der Waals surface area contributed by atoms with Gasteiger partial charge in [0.15, 0.2) is 0 Å². The van der Waals surface area contributed by atoms with Gasteiger partial charge in [0.2, 0.25) is 0 Å². The smallest absolute Gasteiger partial charge is 0.135 e. The van der Waals surface area contributed by atoms with Crippen molar-refractivity contribution in [3.8, 4) is 5.75 Å². The van der Waals surface area contributed by atoms with Crippen molar-refractivity contribution in [2.24, 2.45) is 0 Å². The predicted molar refractivity (Wildman–Crippen MR) is 47.5 cm³/mol. The summed E-state index contributed by atoms with van der Waals surface area (Å²) in [5.74, 6) is 0.0519. The zero-order valence-electron chi connectivity index (χ0n) is 6.06. The molecule has 1 rings (SSSR count). The molecule has 0 aliphatic carbocycles. The van der Waals surface area contributed by atoms with Crippen LogP contribution in [-0.4, -0.2) is 5.11 Å². The summed E-state index contributed by atoms with van der Waals surface area (Å²) in [5, 5.41) is 9.83. The van der Waals surface area contributed by atoms with E-state index >= 15 is 0 Å². The van der Waals surface area contributed by atoms with Crippen LogP contribution in [0.1, 0.15) is 12.5 Å². The predicted octanol–water partition coefficient (Wildman–Crippen LogP) is 3.26. The summed E-state index contributed by atoms with van der Waals surface area (Å²) in [6.07, 6.45) is 0.838. The van der Waals surface area contributed by atoms with E-state index in [1.807, 2.05) is 6.92 Å². The Labute approximate surface area is 75.6 Å². The van der Waals surface area contributed by atoms with E-state index in [0.717, 1.165) is 12.0 Å². The van der Waals surface area contributed by atoms with Gasteiger partial charge in [-0.2, -0.15) is 0 Å². The second-order valence-electron chi connectivity index (χ2n) is 2.26. The van der Waals surface area contributed by atoms with Crippen LogP contribution in [0.25, 0.3) is 0 Å². The number of rotatable bonds is 1. The largest absolute Gasteiger partial charge is 0.506 e. The molecule has 0 heterocycles. The van der Waals surface area contributed by atoms with E-state index < -0.39 is 0 Å². The second-order valence-corrected chi connectivity index (χ2v) is 3.05. The lowest BCUT2D eigenvalue weighted by molar-refractivity contribution is 0.475. The number of phenols is 1. The highest BCUT2D eigenvalue weighted by Crippen LogP contribution is 2.32. The molecule has 0 aromatic heterocycles. The molecule has 0 bridgehead atoms. The van der Waals surface area contributed by atoms with Gasteiger partial charge < -0.3 is 5.11 Å². The summed E-state index contributed by atoms with van der Waals surface area (Å²) in [7, 11) is 0. The van der Waals surface area contributed by atoms with Gasteiger partial charge in [-0.25, -0.2) is 0 Å². The summed E-state index contributed by atoms with van der Waals surface area (Å²) in [6.45, 7) is 1.99. The molecule has 0 fully saturated rings. The first-order valence-corrected chi connectivity index (χ1v) is 4.07. The van der Waals surface area contributed by atoms with Crippen molar-refractivity contribution in [3.63, 3.8) is 0 Å². The zero-order chi connectivity index (χ0) is 8.43. The number of hydrogen-bond donors (Lipinski definition) is 1. The molecule has 0 atom stereocenters. The van der Waals surface area contributed by atoms with Gasteiger partial charge in [-0.3, -0.25) is 0 Å². The maximum Gasteiger partial charge on any atom is 0.135 e. The normalized spacial score (nSPS) is 10.1. The van der Waals surface area contributed by atoms with E-state index in [0.29, 0.717) is 5.02 Å². The van der Waals surface area contributed by atoms with Crippen LogP contribution < -0.4 is 0 Å². The van der Waals surface area contributed by atoms with Gasteiger partial charge in [-0.05, 0) is 24.1 Å². The molecule has 1 aromatic rings. The van der Waals surface area contributed by atoms with Crippen LogP contribution in [0.3, 0.4) is 0 Å². The third-order valence-electron chi connectivity index (χ3n) is 1.48. The fourth-order valence-corrected chi connectivity index (χ4v) is 1.18. The number of hydrogen-bond acceptors (Lipinski definition) is 1. The fourth-order valence-electron chi connectivity index (χ4n) is 0.833. The number of benzene rings is 1. The highest BCUT2D eigenvalue weighted by atomic mass is 35.5. The van der Waals surface area contributed by atoms with E-state index in [4.69, 9.17) is 23.2 Å². The molecule has 60 valence electrons. The van der Waals surface area contributed by atoms with Crippen molar-refractivity contribution in [1.29, 1.82) is 0 Å². The maximum atomic E-state index is 9.20. The van der Waals surface area contributed by atoms with Gasteiger partial charge in [-0.15, -0.1) is 0 Å². The van der Waals surface area contributed by atoms with E-state index in [9.17, 15) is 5.11 Å². The molecule has 0 amide bonds. The number of aromatic hydroxyl groups is 1. The average molecular weight is 191 g/mol. The van der Waals surface area contributed by atoms with Crippen LogP contribution in [0.5, 0.6) is 5.75 Å². The number of aryl methyl sites for hydroxylation is 1.